The molecule has 0 bridgehead atoms. The van der Waals surface area contributed by atoms with Crippen LogP contribution in [0.4, 0.5) is 4.79 Å². The summed E-state index contributed by atoms with van der Waals surface area (Å²) < 4.78 is 11.3. The fourth-order valence-corrected chi connectivity index (χ4v) is 3.95. The molecule has 26 heavy (non-hydrogen) atoms. The Morgan fingerprint density at radius 1 is 1.15 bits per heavy atom. The largest absolute Gasteiger partial charge is 0.376 e. The van der Waals surface area contributed by atoms with Crippen LogP contribution in [0.3, 0.4) is 0 Å². The van der Waals surface area contributed by atoms with Gasteiger partial charge in [-0.25, -0.2) is 4.79 Å². The fourth-order valence-electron chi connectivity index (χ4n) is 3.95. The molecule has 1 N–H and O–H groups in total. The van der Waals surface area contributed by atoms with Gasteiger partial charge >= 0.3 is 6.03 Å². The second kappa shape index (κ2) is 8.37. The summed E-state index contributed by atoms with van der Waals surface area (Å²) in [5.74, 6) is 2.00. The van der Waals surface area contributed by atoms with E-state index in [0.717, 1.165) is 43.9 Å². The molecule has 3 aliphatic rings. The van der Waals surface area contributed by atoms with Crippen LogP contribution in [0.5, 0.6) is 0 Å². The van der Waals surface area contributed by atoms with Crippen LogP contribution in [-0.2, 0) is 11.2 Å². The van der Waals surface area contributed by atoms with Crippen molar-refractivity contribution in [1.82, 2.24) is 20.4 Å². The summed E-state index contributed by atoms with van der Waals surface area (Å²) in [6.45, 7) is 2.08. The summed E-state index contributed by atoms with van der Waals surface area (Å²) in [6, 6.07) is 0.439. The molecule has 4 rings (SSSR count). The lowest BCUT2D eigenvalue weighted by Crippen LogP contribution is -2.50. The smallest absolute Gasteiger partial charge is 0.317 e. The molecule has 2 amide bonds. The first kappa shape index (κ1) is 17.8. The molecule has 1 aromatic rings. The number of ether oxygens (including phenoxy) is 1. The third-order valence-corrected chi connectivity index (χ3v) is 5.69. The standard InChI is InChI=1S/C19H30N4O3/c24-19(20-15-5-2-1-3-6-15)23-11-4-7-16(13-23)25-12-10-17-21-18(26-22-17)14-8-9-14/h14-16H,1-13H2,(H,20,24). The van der Waals surface area contributed by atoms with E-state index in [-0.39, 0.29) is 12.1 Å². The van der Waals surface area contributed by atoms with Crippen LogP contribution < -0.4 is 5.32 Å². The molecule has 0 radical (unpaired) electrons. The van der Waals surface area contributed by atoms with Crippen LogP contribution in [0.1, 0.15) is 75.4 Å². The lowest BCUT2D eigenvalue weighted by atomic mass is 9.96. The monoisotopic (exact) mass is 362 g/mol. The minimum atomic E-state index is 0.0810. The van der Waals surface area contributed by atoms with Gasteiger partial charge < -0.3 is 19.5 Å². The van der Waals surface area contributed by atoms with E-state index in [1.807, 2.05) is 4.90 Å². The molecule has 1 unspecified atom stereocenters. The highest BCUT2D eigenvalue weighted by atomic mass is 16.5. The van der Waals surface area contributed by atoms with E-state index >= 15 is 0 Å². The Kier molecular flexibility index (Phi) is 5.72. The number of amides is 2. The van der Waals surface area contributed by atoms with Crippen molar-refractivity contribution >= 4 is 6.03 Å². The fraction of sp³-hybridized carbons (Fsp3) is 0.842. The van der Waals surface area contributed by atoms with Gasteiger partial charge in [0.15, 0.2) is 5.82 Å². The number of likely N-dealkylation sites (tertiary alicyclic amines) is 1. The number of nitrogens with one attached hydrogen (secondary N) is 1. The van der Waals surface area contributed by atoms with E-state index in [4.69, 9.17) is 9.26 Å². The van der Waals surface area contributed by atoms with Gasteiger partial charge in [0, 0.05) is 31.5 Å². The Bertz CT molecular complexity index is 595. The van der Waals surface area contributed by atoms with E-state index in [2.05, 4.69) is 15.5 Å². The molecule has 3 fully saturated rings. The number of urea groups is 1. The molecule has 0 spiro atoms. The Labute approximate surface area is 154 Å². The van der Waals surface area contributed by atoms with Crippen molar-refractivity contribution in [3.05, 3.63) is 11.7 Å². The van der Waals surface area contributed by atoms with Crippen LogP contribution in [0, 0.1) is 0 Å². The van der Waals surface area contributed by atoms with Gasteiger partial charge in [-0.2, -0.15) is 4.98 Å². The Hall–Kier alpha value is -1.63. The first-order chi connectivity index (χ1) is 12.8. The quantitative estimate of drug-likeness (QED) is 0.841. The second-order valence-electron chi connectivity index (χ2n) is 7.94. The average molecular weight is 362 g/mol. The molecule has 2 heterocycles. The van der Waals surface area contributed by atoms with Crippen molar-refractivity contribution in [2.45, 2.75) is 82.3 Å². The zero-order valence-electron chi connectivity index (χ0n) is 15.5. The Morgan fingerprint density at radius 2 is 2.00 bits per heavy atom. The maximum Gasteiger partial charge on any atom is 0.317 e. The number of aromatic nitrogens is 2. The maximum atomic E-state index is 12.5. The molecular weight excluding hydrogens is 332 g/mol. The minimum Gasteiger partial charge on any atom is -0.376 e. The number of carbonyl (C=O) groups excluding carboxylic acids is 1. The van der Waals surface area contributed by atoms with Crippen LogP contribution in [0.2, 0.25) is 0 Å². The summed E-state index contributed by atoms with van der Waals surface area (Å²) in [6.07, 6.45) is 11.1. The number of rotatable bonds is 6. The van der Waals surface area contributed by atoms with Gasteiger partial charge in [0.2, 0.25) is 5.89 Å². The van der Waals surface area contributed by atoms with Crippen molar-refractivity contribution in [3.63, 3.8) is 0 Å². The van der Waals surface area contributed by atoms with Crippen molar-refractivity contribution in [1.29, 1.82) is 0 Å². The summed E-state index contributed by atoms with van der Waals surface area (Å²) in [5.41, 5.74) is 0. The lowest BCUT2D eigenvalue weighted by Gasteiger charge is -2.34. The van der Waals surface area contributed by atoms with Crippen molar-refractivity contribution in [2.24, 2.45) is 0 Å². The zero-order chi connectivity index (χ0) is 17.8. The van der Waals surface area contributed by atoms with Gasteiger partial charge in [-0.15, -0.1) is 0 Å². The summed E-state index contributed by atoms with van der Waals surface area (Å²) >= 11 is 0. The number of hydrogen-bond acceptors (Lipinski definition) is 5. The third kappa shape index (κ3) is 4.75. The SMILES string of the molecule is O=C(NC1CCCCC1)N1CCCC(OCCc2noc(C3CC3)n2)C1. The van der Waals surface area contributed by atoms with Gasteiger partial charge in [-0.1, -0.05) is 24.4 Å². The van der Waals surface area contributed by atoms with Crippen LogP contribution in [0.25, 0.3) is 0 Å². The van der Waals surface area contributed by atoms with Gasteiger partial charge in [0.1, 0.15) is 0 Å². The van der Waals surface area contributed by atoms with Crippen LogP contribution in [0.15, 0.2) is 4.52 Å². The average Bonchev–Trinajstić information content (AvgIpc) is 3.42. The maximum absolute atomic E-state index is 12.5. The molecule has 1 saturated heterocycles. The van der Waals surface area contributed by atoms with E-state index in [9.17, 15) is 4.79 Å². The van der Waals surface area contributed by atoms with Crippen LogP contribution in [-0.4, -0.2) is 52.9 Å². The predicted octanol–water partition coefficient (Wildman–Crippen LogP) is 3.01. The molecule has 1 aliphatic heterocycles. The normalized spacial score (nSPS) is 24.6. The zero-order valence-corrected chi connectivity index (χ0v) is 15.5. The lowest BCUT2D eigenvalue weighted by molar-refractivity contribution is 0.0101. The molecule has 0 aromatic carbocycles. The first-order valence-electron chi connectivity index (χ1n) is 10.3. The van der Waals surface area contributed by atoms with E-state index in [1.165, 1.54) is 32.1 Å². The molecule has 2 aliphatic carbocycles. The Morgan fingerprint density at radius 3 is 2.81 bits per heavy atom. The van der Waals surface area contributed by atoms with Gasteiger partial charge in [-0.05, 0) is 38.5 Å². The number of nitrogens with zero attached hydrogens (tertiary/aromatic N) is 3. The molecule has 1 aromatic heterocycles. The minimum absolute atomic E-state index is 0.0810. The van der Waals surface area contributed by atoms with E-state index in [0.29, 0.717) is 31.5 Å². The number of carbonyl (C=O) groups is 1. The molecule has 144 valence electrons. The van der Waals surface area contributed by atoms with Gasteiger partial charge in [-0.3, -0.25) is 0 Å². The molecule has 2 saturated carbocycles. The third-order valence-electron chi connectivity index (χ3n) is 5.69. The van der Waals surface area contributed by atoms with Crippen LogP contribution >= 0.6 is 0 Å². The van der Waals surface area contributed by atoms with E-state index < -0.39 is 0 Å². The predicted molar refractivity (Wildman–Crippen MR) is 95.9 cm³/mol. The summed E-state index contributed by atoms with van der Waals surface area (Å²) in [5, 5.41) is 7.24. The Balaban J connectivity index is 1.18. The molecule has 7 nitrogen and oxygen atoms in total. The number of piperidine rings is 1. The van der Waals surface area contributed by atoms with Crippen molar-refractivity contribution in [2.75, 3.05) is 19.7 Å². The van der Waals surface area contributed by atoms with Gasteiger partial charge in [0.25, 0.3) is 0 Å². The molecule has 7 heteroatoms. The second-order valence-corrected chi connectivity index (χ2v) is 7.94. The topological polar surface area (TPSA) is 80.5 Å². The van der Waals surface area contributed by atoms with Crippen molar-refractivity contribution in [3.8, 4) is 0 Å². The highest BCUT2D eigenvalue weighted by Gasteiger charge is 2.30. The van der Waals surface area contributed by atoms with Gasteiger partial charge in [0.05, 0.1) is 12.7 Å². The first-order valence-corrected chi connectivity index (χ1v) is 10.3. The summed E-state index contributed by atoms with van der Waals surface area (Å²) in [4.78, 5) is 18.9. The van der Waals surface area contributed by atoms with E-state index in [1.54, 1.807) is 0 Å². The van der Waals surface area contributed by atoms with Crippen molar-refractivity contribution < 1.29 is 14.1 Å². The highest BCUT2D eigenvalue weighted by molar-refractivity contribution is 5.74. The molecule has 1 atom stereocenters. The molecular formula is C19H30N4O3. The summed E-state index contributed by atoms with van der Waals surface area (Å²) in [7, 11) is 0. The highest BCUT2D eigenvalue weighted by Crippen LogP contribution is 2.38. The number of hydrogen-bond donors (Lipinski definition) is 1.